The van der Waals surface area contributed by atoms with Gasteiger partial charge in [-0.25, -0.2) is 0 Å². The Morgan fingerprint density at radius 1 is 1.07 bits per heavy atom. The summed E-state index contributed by atoms with van der Waals surface area (Å²) >= 11 is 5.55. The molecule has 28 heavy (non-hydrogen) atoms. The molecule has 0 radical (unpaired) electrons. The van der Waals surface area contributed by atoms with E-state index in [-0.39, 0.29) is 0 Å². The first kappa shape index (κ1) is 18.5. The van der Waals surface area contributed by atoms with Crippen LogP contribution in [0.25, 0.3) is 0 Å². The maximum Gasteiger partial charge on any atom is 0.189 e. The van der Waals surface area contributed by atoms with Crippen molar-refractivity contribution in [2.24, 2.45) is 5.10 Å². The SMILES string of the molecule is CN1CC/C(=N/NC(=S)N2CCN(c3ccccc3O)CC2)c2ncccc21. The highest BCUT2D eigenvalue weighted by Crippen LogP contribution is 2.27. The third-order valence-corrected chi connectivity index (χ3v) is 5.58. The topological polar surface area (TPSA) is 67.2 Å². The third-order valence-electron chi connectivity index (χ3n) is 5.23. The highest BCUT2D eigenvalue weighted by Gasteiger charge is 2.22. The molecule has 2 N–H and O–H groups in total. The molecule has 0 atom stereocenters. The lowest BCUT2D eigenvalue weighted by Gasteiger charge is -2.37. The van der Waals surface area contributed by atoms with E-state index < -0.39 is 0 Å². The van der Waals surface area contributed by atoms with Gasteiger partial charge in [0, 0.05) is 52.4 Å². The zero-order valence-electron chi connectivity index (χ0n) is 15.9. The number of para-hydroxylation sites is 2. The smallest absolute Gasteiger partial charge is 0.189 e. The number of anilines is 2. The van der Waals surface area contributed by atoms with E-state index in [2.05, 4.69) is 43.3 Å². The standard InChI is InChI=1S/C20H24N6OS/c1-24-10-8-15(19-17(24)6-4-9-21-19)22-23-20(28)26-13-11-25(12-14-26)16-5-2-3-7-18(16)27/h2-7,9,27H,8,10-14H2,1H3,(H,23,28)/b22-15-. The first-order valence-electron chi connectivity index (χ1n) is 9.44. The highest BCUT2D eigenvalue weighted by atomic mass is 32.1. The van der Waals surface area contributed by atoms with Crippen LogP contribution in [0.1, 0.15) is 12.1 Å². The molecule has 2 aromatic rings. The molecule has 146 valence electrons. The number of nitrogens with one attached hydrogen (secondary N) is 1. The molecular formula is C20H24N6OS. The third kappa shape index (κ3) is 3.73. The van der Waals surface area contributed by atoms with E-state index in [1.807, 2.05) is 24.3 Å². The van der Waals surface area contributed by atoms with Gasteiger partial charge in [0.1, 0.15) is 11.4 Å². The molecule has 7 nitrogen and oxygen atoms in total. The van der Waals surface area contributed by atoms with Gasteiger partial charge in [-0.2, -0.15) is 5.10 Å². The predicted molar refractivity (Wildman–Crippen MR) is 116 cm³/mol. The lowest BCUT2D eigenvalue weighted by Crippen LogP contribution is -2.51. The summed E-state index contributed by atoms with van der Waals surface area (Å²) in [6, 6.07) is 11.4. The quantitative estimate of drug-likeness (QED) is 0.595. The van der Waals surface area contributed by atoms with Crippen LogP contribution in [0, 0.1) is 0 Å². The van der Waals surface area contributed by atoms with E-state index in [1.165, 1.54) is 0 Å². The monoisotopic (exact) mass is 396 g/mol. The van der Waals surface area contributed by atoms with Crippen molar-refractivity contribution in [2.45, 2.75) is 6.42 Å². The molecule has 0 amide bonds. The fraction of sp³-hybridized carbons (Fsp3) is 0.350. The summed E-state index contributed by atoms with van der Waals surface area (Å²) < 4.78 is 0. The lowest BCUT2D eigenvalue weighted by molar-refractivity contribution is 0.378. The summed E-state index contributed by atoms with van der Waals surface area (Å²) in [5, 5.41) is 15.2. The van der Waals surface area contributed by atoms with Gasteiger partial charge in [0.15, 0.2) is 5.11 Å². The van der Waals surface area contributed by atoms with E-state index in [9.17, 15) is 5.11 Å². The molecule has 1 fully saturated rings. The van der Waals surface area contributed by atoms with Gasteiger partial charge >= 0.3 is 0 Å². The fourth-order valence-electron chi connectivity index (χ4n) is 3.62. The average molecular weight is 397 g/mol. The number of benzene rings is 1. The molecule has 2 aliphatic heterocycles. The molecule has 0 unspecified atom stereocenters. The summed E-state index contributed by atoms with van der Waals surface area (Å²) in [5.41, 5.74) is 6.87. The summed E-state index contributed by atoms with van der Waals surface area (Å²) in [6.45, 7) is 4.06. The van der Waals surface area contributed by atoms with Gasteiger partial charge in [-0.3, -0.25) is 10.4 Å². The molecule has 1 aromatic carbocycles. The van der Waals surface area contributed by atoms with Crippen molar-refractivity contribution in [3.63, 3.8) is 0 Å². The van der Waals surface area contributed by atoms with Crippen LogP contribution in [0.4, 0.5) is 11.4 Å². The Kier molecular flexibility index (Phi) is 5.29. The zero-order valence-corrected chi connectivity index (χ0v) is 16.7. The molecule has 0 bridgehead atoms. The van der Waals surface area contributed by atoms with Crippen LogP contribution in [-0.2, 0) is 0 Å². The number of hydrogen-bond acceptors (Lipinski definition) is 6. The van der Waals surface area contributed by atoms with Gasteiger partial charge < -0.3 is 19.8 Å². The van der Waals surface area contributed by atoms with Gasteiger partial charge in [0.25, 0.3) is 0 Å². The maximum atomic E-state index is 10.0. The Morgan fingerprint density at radius 2 is 1.82 bits per heavy atom. The van der Waals surface area contributed by atoms with E-state index in [0.717, 1.165) is 61.9 Å². The highest BCUT2D eigenvalue weighted by molar-refractivity contribution is 7.80. The van der Waals surface area contributed by atoms with Crippen LogP contribution in [0.5, 0.6) is 5.75 Å². The van der Waals surface area contributed by atoms with Crippen molar-refractivity contribution in [3.05, 3.63) is 48.3 Å². The molecule has 0 aliphatic carbocycles. The van der Waals surface area contributed by atoms with Gasteiger partial charge in [0.05, 0.1) is 17.1 Å². The van der Waals surface area contributed by atoms with Crippen molar-refractivity contribution in [2.75, 3.05) is 49.6 Å². The van der Waals surface area contributed by atoms with E-state index in [4.69, 9.17) is 12.2 Å². The first-order chi connectivity index (χ1) is 13.6. The number of piperazine rings is 1. The summed E-state index contributed by atoms with van der Waals surface area (Å²) in [7, 11) is 2.07. The number of fused-ring (bicyclic) bond motifs is 1. The number of nitrogens with zero attached hydrogens (tertiary/aromatic N) is 5. The van der Waals surface area contributed by atoms with E-state index >= 15 is 0 Å². The number of thiocarbonyl (C=S) groups is 1. The molecule has 8 heteroatoms. The van der Waals surface area contributed by atoms with Crippen molar-refractivity contribution in [1.29, 1.82) is 0 Å². The normalized spacial score (nSPS) is 18.2. The number of pyridine rings is 1. The minimum Gasteiger partial charge on any atom is -0.506 e. The average Bonchev–Trinajstić information content (AvgIpc) is 2.74. The predicted octanol–water partition coefficient (Wildman–Crippen LogP) is 2.03. The first-order valence-corrected chi connectivity index (χ1v) is 9.85. The van der Waals surface area contributed by atoms with Crippen molar-refractivity contribution >= 4 is 34.4 Å². The van der Waals surface area contributed by atoms with Crippen LogP contribution < -0.4 is 15.2 Å². The molecule has 0 spiro atoms. The van der Waals surface area contributed by atoms with Gasteiger partial charge in [0.2, 0.25) is 0 Å². The summed E-state index contributed by atoms with van der Waals surface area (Å²) in [5.74, 6) is 0.316. The summed E-state index contributed by atoms with van der Waals surface area (Å²) in [4.78, 5) is 11.0. The molecule has 0 saturated carbocycles. The number of hydrazone groups is 1. The number of aromatic nitrogens is 1. The molecule has 4 rings (SSSR count). The Morgan fingerprint density at radius 3 is 2.61 bits per heavy atom. The Labute approximate surface area is 170 Å². The molecule has 1 saturated heterocycles. The Bertz CT molecular complexity index is 894. The Hall–Kier alpha value is -2.87. The second-order valence-electron chi connectivity index (χ2n) is 6.98. The second kappa shape index (κ2) is 8.02. The van der Waals surface area contributed by atoms with E-state index in [0.29, 0.717) is 10.9 Å². The number of rotatable bonds is 2. The maximum absolute atomic E-state index is 10.0. The van der Waals surface area contributed by atoms with Crippen LogP contribution in [0.2, 0.25) is 0 Å². The lowest BCUT2D eigenvalue weighted by atomic mass is 10.1. The van der Waals surface area contributed by atoms with Crippen LogP contribution in [0.15, 0.2) is 47.7 Å². The molecular weight excluding hydrogens is 372 g/mol. The second-order valence-corrected chi connectivity index (χ2v) is 7.37. The zero-order chi connectivity index (χ0) is 19.5. The fourth-order valence-corrected chi connectivity index (χ4v) is 3.84. The number of phenols is 1. The minimum atomic E-state index is 0.316. The van der Waals surface area contributed by atoms with Crippen molar-refractivity contribution < 1.29 is 5.11 Å². The van der Waals surface area contributed by atoms with Crippen molar-refractivity contribution in [3.8, 4) is 5.75 Å². The van der Waals surface area contributed by atoms with Crippen LogP contribution in [0.3, 0.4) is 0 Å². The molecule has 1 aromatic heterocycles. The van der Waals surface area contributed by atoms with Gasteiger partial charge in [-0.05, 0) is 36.5 Å². The Balaban J connectivity index is 1.37. The van der Waals surface area contributed by atoms with Crippen LogP contribution in [-0.4, -0.2) is 65.6 Å². The number of hydrogen-bond donors (Lipinski definition) is 2. The largest absolute Gasteiger partial charge is 0.506 e. The van der Waals surface area contributed by atoms with Crippen LogP contribution >= 0.6 is 12.2 Å². The summed E-state index contributed by atoms with van der Waals surface area (Å²) in [6.07, 6.45) is 2.63. The van der Waals surface area contributed by atoms with Crippen molar-refractivity contribution in [1.82, 2.24) is 15.3 Å². The molecule has 2 aliphatic rings. The molecule has 3 heterocycles. The minimum absolute atomic E-state index is 0.316. The van der Waals surface area contributed by atoms with E-state index in [1.54, 1.807) is 12.3 Å². The van der Waals surface area contributed by atoms with Gasteiger partial charge in [-0.1, -0.05) is 12.1 Å². The van der Waals surface area contributed by atoms with Gasteiger partial charge in [-0.15, -0.1) is 0 Å². The number of aromatic hydroxyl groups is 1. The number of phenolic OH excluding ortho intramolecular Hbond substituents is 1.